The second-order valence-corrected chi connectivity index (χ2v) is 25.0. The van der Waals surface area contributed by atoms with Crippen LogP contribution in [0.15, 0.2) is 0 Å². The Labute approximate surface area is 423 Å². The quantitative estimate of drug-likeness (QED) is 0.0240. The van der Waals surface area contributed by atoms with E-state index in [0.717, 1.165) is 55.6 Å². The molecule has 400 valence electrons. The zero-order chi connectivity index (χ0) is 47.6. The van der Waals surface area contributed by atoms with E-state index in [1.165, 1.54) is 230 Å². The molecule has 0 spiro atoms. The molecule has 0 aliphatic rings. The SMILES string of the molecule is C.[CH2-][N+](C)(C)CCNP(=O)(OCCCCCCCCC(CCCCCCCCC)SCCCCCCCO)OCCCCCCCCC(CCCCCCCCC)SCCCCCCCO. The fraction of sp³-hybridized carbons (Fsp3) is 0.982. The molecule has 0 aromatic carbocycles. The Balaban J connectivity index is 0. The van der Waals surface area contributed by atoms with Gasteiger partial charge in [0.25, 0.3) is 0 Å². The van der Waals surface area contributed by atoms with Crippen LogP contribution < -0.4 is 5.09 Å². The summed E-state index contributed by atoms with van der Waals surface area (Å²) < 4.78 is 26.4. The van der Waals surface area contributed by atoms with E-state index in [-0.39, 0.29) is 7.43 Å². The molecule has 0 heterocycles. The number of likely N-dealkylation sites (N-methyl/N-ethyl adjacent to an activating group) is 1. The molecule has 0 aromatic rings. The topological polar surface area (TPSA) is 88.0 Å². The number of quaternary nitrogens is 1. The molecule has 0 radical (unpaired) electrons. The molecule has 3 N–H and O–H groups in total. The molecule has 66 heavy (non-hydrogen) atoms. The van der Waals surface area contributed by atoms with Crippen LogP contribution in [0.5, 0.6) is 0 Å². The number of aliphatic hydroxyl groups is 2. The van der Waals surface area contributed by atoms with Crippen LogP contribution in [-0.2, 0) is 13.6 Å². The van der Waals surface area contributed by atoms with Crippen molar-refractivity contribution in [2.45, 2.75) is 289 Å². The van der Waals surface area contributed by atoms with E-state index in [9.17, 15) is 4.57 Å². The molecule has 0 saturated heterocycles. The van der Waals surface area contributed by atoms with Gasteiger partial charge in [-0.15, -0.1) is 7.05 Å². The molecule has 0 bridgehead atoms. The van der Waals surface area contributed by atoms with Crippen molar-refractivity contribution in [1.29, 1.82) is 0 Å². The molecule has 0 aliphatic carbocycles. The summed E-state index contributed by atoms with van der Waals surface area (Å²) in [6, 6.07) is 0. The van der Waals surface area contributed by atoms with Crippen molar-refractivity contribution in [3.63, 3.8) is 0 Å². The van der Waals surface area contributed by atoms with Crippen molar-refractivity contribution in [2.75, 3.05) is 65.1 Å². The van der Waals surface area contributed by atoms with Gasteiger partial charge in [-0.25, -0.2) is 9.65 Å². The normalized spacial score (nSPS) is 13.8. The smallest absolute Gasteiger partial charge is 0.405 e. The van der Waals surface area contributed by atoms with Crippen LogP contribution in [0.2, 0.25) is 0 Å². The minimum absolute atomic E-state index is 0. The first-order valence-electron chi connectivity index (χ1n) is 28.5. The third kappa shape index (κ3) is 52.5. The Morgan fingerprint density at radius 1 is 0.470 bits per heavy atom. The Hall–Kier alpha value is 0.690. The monoisotopic (exact) mass is 995 g/mol. The number of nitrogens with one attached hydrogen (secondary N) is 1. The predicted molar refractivity (Wildman–Crippen MR) is 299 cm³/mol. The number of nitrogens with zero attached hydrogens (tertiary/aromatic N) is 1. The average Bonchev–Trinajstić information content (AvgIpc) is 3.28. The summed E-state index contributed by atoms with van der Waals surface area (Å²) in [6.07, 6.45) is 51.3. The van der Waals surface area contributed by atoms with Gasteiger partial charge >= 0.3 is 7.75 Å². The van der Waals surface area contributed by atoms with Crippen molar-refractivity contribution in [3.8, 4) is 0 Å². The Bertz CT molecular complexity index is 879. The lowest BCUT2D eigenvalue weighted by molar-refractivity contribution is -0.844. The highest BCUT2D eigenvalue weighted by Crippen LogP contribution is 2.44. The summed E-state index contributed by atoms with van der Waals surface area (Å²) in [4.78, 5) is 0. The van der Waals surface area contributed by atoms with Crippen molar-refractivity contribution in [1.82, 2.24) is 5.09 Å². The minimum atomic E-state index is -3.35. The average molecular weight is 996 g/mol. The van der Waals surface area contributed by atoms with E-state index in [0.29, 0.717) is 37.5 Å². The van der Waals surface area contributed by atoms with Gasteiger partial charge in [0, 0.05) is 37.8 Å². The molecule has 7 nitrogen and oxygen atoms in total. The van der Waals surface area contributed by atoms with Crippen LogP contribution in [0.25, 0.3) is 0 Å². The summed E-state index contributed by atoms with van der Waals surface area (Å²) in [5.41, 5.74) is 0. The van der Waals surface area contributed by atoms with Gasteiger partial charge in [0.2, 0.25) is 0 Å². The lowest BCUT2D eigenvalue weighted by atomic mass is 10.0. The number of unbranched alkanes of at least 4 members (excludes halogenated alkanes) is 30. The van der Waals surface area contributed by atoms with Gasteiger partial charge in [-0.3, -0.25) is 9.05 Å². The number of aliphatic hydroxyl groups excluding tert-OH is 2. The van der Waals surface area contributed by atoms with E-state index < -0.39 is 7.75 Å². The van der Waals surface area contributed by atoms with E-state index in [2.05, 4.69) is 49.5 Å². The van der Waals surface area contributed by atoms with Crippen LogP contribution in [0, 0.1) is 7.05 Å². The van der Waals surface area contributed by atoms with Crippen LogP contribution in [0.1, 0.15) is 278 Å². The van der Waals surface area contributed by atoms with Crippen LogP contribution in [-0.4, -0.2) is 90.3 Å². The molecule has 0 rings (SSSR count). The van der Waals surface area contributed by atoms with Gasteiger partial charge < -0.3 is 14.7 Å². The van der Waals surface area contributed by atoms with Gasteiger partial charge in [-0.2, -0.15) is 23.5 Å². The predicted octanol–water partition coefficient (Wildman–Crippen LogP) is 18.1. The summed E-state index contributed by atoms with van der Waals surface area (Å²) >= 11 is 4.48. The number of rotatable bonds is 56. The molecule has 0 saturated carbocycles. The molecule has 10 heteroatoms. The highest BCUT2D eigenvalue weighted by molar-refractivity contribution is 8.00. The maximum absolute atomic E-state index is 13.8. The molecule has 0 fully saturated rings. The van der Waals surface area contributed by atoms with Crippen LogP contribution in [0.4, 0.5) is 0 Å². The summed E-state index contributed by atoms with van der Waals surface area (Å²) in [5, 5.41) is 22.9. The standard InChI is InChI=1S/C55H115N2O5PS2.CH4/c1-6-8-10-12-14-22-32-42-54(64-52-40-30-20-26-36-48-58)44-34-24-16-18-28-38-50-61-63(60,56-46-47-57(3,4)5)62-51-39-29-19-17-25-35-45-55(43-33-23-15-13-11-9-7-2)65-53-41-31-21-27-37-49-59;/h54-55,58-59H,3,6-53H2,1-2,4-5H3,(H,56,60);1H4. The second kappa shape index (κ2) is 53.5. The van der Waals surface area contributed by atoms with Gasteiger partial charge in [0.15, 0.2) is 0 Å². The number of hydrogen-bond donors (Lipinski definition) is 3. The summed E-state index contributed by atoms with van der Waals surface area (Å²) in [6.45, 7) is 7.54. The first-order valence-corrected chi connectivity index (χ1v) is 32.1. The lowest BCUT2D eigenvalue weighted by Crippen LogP contribution is -2.38. The van der Waals surface area contributed by atoms with E-state index >= 15 is 0 Å². The number of thioether (sulfide) groups is 2. The fourth-order valence-corrected chi connectivity index (χ4v) is 12.7. The molecule has 0 amide bonds. The summed E-state index contributed by atoms with van der Waals surface area (Å²) in [5.74, 6) is 2.59. The van der Waals surface area contributed by atoms with Crippen molar-refractivity contribution >= 4 is 31.3 Å². The van der Waals surface area contributed by atoms with Gasteiger partial charge in [-0.1, -0.05) is 214 Å². The zero-order valence-electron chi connectivity index (χ0n) is 44.1. The van der Waals surface area contributed by atoms with Gasteiger partial charge in [0.1, 0.15) is 0 Å². The Morgan fingerprint density at radius 2 is 0.758 bits per heavy atom. The fourth-order valence-electron chi connectivity index (χ4n) is 8.62. The second-order valence-electron chi connectivity index (χ2n) is 20.3. The highest BCUT2D eigenvalue weighted by Gasteiger charge is 2.24. The van der Waals surface area contributed by atoms with Gasteiger partial charge in [0.05, 0.1) is 26.3 Å². The van der Waals surface area contributed by atoms with E-state index in [1.807, 2.05) is 14.1 Å². The minimum Gasteiger partial charge on any atom is -0.461 e. The molecular formula is C56H119N2O5PS2. The lowest BCUT2D eigenvalue weighted by Gasteiger charge is -2.33. The highest BCUT2D eigenvalue weighted by atomic mass is 32.2. The molecule has 2 atom stereocenters. The van der Waals surface area contributed by atoms with Crippen LogP contribution in [0.3, 0.4) is 0 Å². The third-order valence-electron chi connectivity index (χ3n) is 13.0. The maximum Gasteiger partial charge on any atom is 0.405 e. The third-order valence-corrected chi connectivity index (χ3v) is 17.5. The van der Waals surface area contributed by atoms with Gasteiger partial charge in [-0.05, 0) is 75.7 Å². The van der Waals surface area contributed by atoms with E-state index in [1.54, 1.807) is 0 Å². The van der Waals surface area contributed by atoms with Crippen molar-refractivity contribution in [2.24, 2.45) is 0 Å². The summed E-state index contributed by atoms with van der Waals surface area (Å²) in [7, 11) is 4.91. The zero-order valence-corrected chi connectivity index (χ0v) is 46.7. The van der Waals surface area contributed by atoms with Crippen LogP contribution >= 0.6 is 31.3 Å². The molecule has 0 aromatic heterocycles. The van der Waals surface area contributed by atoms with Crippen molar-refractivity contribution in [3.05, 3.63) is 7.05 Å². The first kappa shape index (κ1) is 68.8. The Morgan fingerprint density at radius 3 is 1.08 bits per heavy atom. The largest absolute Gasteiger partial charge is 0.461 e. The first-order chi connectivity index (χ1) is 31.7. The number of hydrogen-bond acceptors (Lipinski definition) is 7. The molecule has 2 unspecified atom stereocenters. The molecule has 0 aliphatic heterocycles. The maximum atomic E-state index is 13.8. The molecular weight excluding hydrogens is 876 g/mol. The van der Waals surface area contributed by atoms with Crippen molar-refractivity contribution < 1.29 is 28.3 Å². The van der Waals surface area contributed by atoms with E-state index in [4.69, 9.17) is 19.3 Å². The Kier molecular flexibility index (Phi) is 55.7.